The lowest BCUT2D eigenvalue weighted by Gasteiger charge is -2.06. The fourth-order valence-electron chi connectivity index (χ4n) is 1.91. The zero-order chi connectivity index (χ0) is 11.8. The van der Waals surface area contributed by atoms with E-state index in [1.54, 1.807) is 12.5 Å². The van der Waals surface area contributed by atoms with Gasteiger partial charge in [0.15, 0.2) is 11.5 Å². The molecule has 0 bridgehead atoms. The van der Waals surface area contributed by atoms with Crippen LogP contribution in [0.3, 0.4) is 0 Å². The number of fused-ring (bicyclic) bond motifs is 1. The van der Waals surface area contributed by atoms with Gasteiger partial charge in [-0.25, -0.2) is 4.98 Å². The van der Waals surface area contributed by atoms with E-state index in [1.165, 1.54) is 0 Å². The van der Waals surface area contributed by atoms with Crippen LogP contribution >= 0.6 is 0 Å². The average molecular weight is 225 g/mol. The van der Waals surface area contributed by atoms with E-state index in [1.807, 2.05) is 35.6 Å². The molecule has 0 aliphatic rings. The summed E-state index contributed by atoms with van der Waals surface area (Å²) in [6.45, 7) is 2.00. The third kappa shape index (κ3) is 1.44. The number of nitrogen functional groups attached to an aromatic ring is 1. The van der Waals surface area contributed by atoms with Crippen LogP contribution in [0.1, 0.15) is 5.56 Å². The molecule has 1 aromatic carbocycles. The number of rotatable bonds is 1. The summed E-state index contributed by atoms with van der Waals surface area (Å²) >= 11 is 0. The van der Waals surface area contributed by atoms with E-state index < -0.39 is 0 Å². The molecule has 0 aliphatic carbocycles. The lowest BCUT2D eigenvalue weighted by atomic mass is 10.1. The third-order valence-corrected chi connectivity index (χ3v) is 2.74. The molecule has 0 amide bonds. The van der Waals surface area contributed by atoms with E-state index in [0.29, 0.717) is 5.69 Å². The molecule has 3 aromatic rings. The molecule has 0 aliphatic heterocycles. The van der Waals surface area contributed by atoms with E-state index in [4.69, 9.17) is 5.73 Å². The maximum atomic E-state index is 6.00. The second kappa shape index (κ2) is 3.55. The van der Waals surface area contributed by atoms with Crippen molar-refractivity contribution in [3.05, 3.63) is 42.4 Å². The van der Waals surface area contributed by atoms with Crippen molar-refractivity contribution in [1.82, 2.24) is 19.6 Å². The van der Waals surface area contributed by atoms with Crippen LogP contribution in [-0.2, 0) is 0 Å². The Morgan fingerprint density at radius 3 is 2.88 bits per heavy atom. The molecule has 0 atom stereocenters. The van der Waals surface area contributed by atoms with E-state index in [2.05, 4.69) is 15.2 Å². The Morgan fingerprint density at radius 1 is 1.18 bits per heavy atom. The fourth-order valence-corrected chi connectivity index (χ4v) is 1.91. The number of hydrogen-bond acceptors (Lipinski definition) is 4. The molecular formula is C12H11N5. The van der Waals surface area contributed by atoms with Crippen LogP contribution in [0, 0.1) is 6.92 Å². The number of benzene rings is 1. The lowest BCUT2D eigenvalue weighted by Crippen LogP contribution is -1.97. The highest BCUT2D eigenvalue weighted by atomic mass is 15.3. The molecule has 5 heteroatoms. The molecule has 0 radical (unpaired) electrons. The van der Waals surface area contributed by atoms with Gasteiger partial charge >= 0.3 is 0 Å². The number of aryl methyl sites for hydroxylation is 1. The molecule has 84 valence electrons. The van der Waals surface area contributed by atoms with Gasteiger partial charge in [-0.05, 0) is 18.6 Å². The maximum Gasteiger partial charge on any atom is 0.171 e. The highest BCUT2D eigenvalue weighted by Gasteiger charge is 2.12. The summed E-state index contributed by atoms with van der Waals surface area (Å²) in [7, 11) is 0. The molecule has 2 heterocycles. The van der Waals surface area contributed by atoms with Crippen molar-refractivity contribution in [2.45, 2.75) is 6.92 Å². The van der Waals surface area contributed by atoms with Gasteiger partial charge in [-0.15, -0.1) is 10.2 Å². The van der Waals surface area contributed by atoms with Crippen LogP contribution < -0.4 is 5.73 Å². The summed E-state index contributed by atoms with van der Waals surface area (Å²) in [5.41, 5.74) is 9.44. The van der Waals surface area contributed by atoms with Gasteiger partial charge in [0, 0.05) is 23.5 Å². The minimum Gasteiger partial charge on any atom is -0.398 e. The standard InChI is InChI=1S/C12H11N5/c1-8-3-2-4-9(13)11(8)12-16-15-10-5-6-14-7-17(10)12/h2-7H,13H2,1H3. The van der Waals surface area contributed by atoms with Crippen molar-refractivity contribution in [3.8, 4) is 11.4 Å². The van der Waals surface area contributed by atoms with Crippen molar-refractivity contribution in [3.63, 3.8) is 0 Å². The first-order chi connectivity index (χ1) is 8.27. The lowest BCUT2D eigenvalue weighted by molar-refractivity contribution is 1.08. The fraction of sp³-hybridized carbons (Fsp3) is 0.0833. The zero-order valence-corrected chi connectivity index (χ0v) is 9.33. The first-order valence-electron chi connectivity index (χ1n) is 5.27. The monoisotopic (exact) mass is 225 g/mol. The van der Waals surface area contributed by atoms with Gasteiger partial charge in [-0.2, -0.15) is 0 Å². The third-order valence-electron chi connectivity index (χ3n) is 2.74. The smallest absolute Gasteiger partial charge is 0.171 e. The predicted molar refractivity (Wildman–Crippen MR) is 65.4 cm³/mol. The molecule has 5 nitrogen and oxygen atoms in total. The highest BCUT2D eigenvalue weighted by Crippen LogP contribution is 2.27. The van der Waals surface area contributed by atoms with Gasteiger partial charge in [-0.1, -0.05) is 12.1 Å². The van der Waals surface area contributed by atoms with Crippen molar-refractivity contribution in [2.24, 2.45) is 0 Å². The zero-order valence-electron chi connectivity index (χ0n) is 9.33. The molecule has 17 heavy (non-hydrogen) atoms. The van der Waals surface area contributed by atoms with Gasteiger partial charge in [0.2, 0.25) is 0 Å². The Hall–Kier alpha value is -2.43. The van der Waals surface area contributed by atoms with Gasteiger partial charge in [0.25, 0.3) is 0 Å². The number of nitrogens with zero attached hydrogens (tertiary/aromatic N) is 4. The topological polar surface area (TPSA) is 69.1 Å². The molecule has 0 fully saturated rings. The van der Waals surface area contributed by atoms with Crippen molar-refractivity contribution in [2.75, 3.05) is 5.73 Å². The predicted octanol–water partition coefficient (Wildman–Crippen LogP) is 1.68. The Kier molecular flexibility index (Phi) is 2.04. The molecule has 0 unspecified atom stereocenters. The van der Waals surface area contributed by atoms with Gasteiger partial charge in [-0.3, -0.25) is 4.40 Å². The maximum absolute atomic E-state index is 6.00. The summed E-state index contributed by atoms with van der Waals surface area (Å²) in [5.74, 6) is 0.726. The normalized spacial score (nSPS) is 10.9. The molecular weight excluding hydrogens is 214 g/mol. The molecule has 0 saturated carbocycles. The van der Waals surface area contributed by atoms with Crippen molar-refractivity contribution < 1.29 is 0 Å². The van der Waals surface area contributed by atoms with Gasteiger partial charge in [0.1, 0.15) is 6.33 Å². The van der Waals surface area contributed by atoms with Gasteiger partial charge < -0.3 is 5.73 Å². The number of anilines is 1. The number of hydrogen-bond donors (Lipinski definition) is 1. The Labute approximate surface area is 97.9 Å². The van der Waals surface area contributed by atoms with E-state index >= 15 is 0 Å². The average Bonchev–Trinajstić information content (AvgIpc) is 2.73. The van der Waals surface area contributed by atoms with Crippen molar-refractivity contribution in [1.29, 1.82) is 0 Å². The van der Waals surface area contributed by atoms with Crippen LogP contribution in [0.15, 0.2) is 36.8 Å². The quantitative estimate of drug-likeness (QED) is 0.640. The van der Waals surface area contributed by atoms with E-state index in [9.17, 15) is 0 Å². The minimum atomic E-state index is 0.697. The van der Waals surface area contributed by atoms with E-state index in [-0.39, 0.29) is 0 Å². The largest absolute Gasteiger partial charge is 0.398 e. The first-order valence-corrected chi connectivity index (χ1v) is 5.27. The number of aromatic nitrogens is 4. The SMILES string of the molecule is Cc1cccc(N)c1-c1nnc2ccncn12. The summed E-state index contributed by atoms with van der Waals surface area (Å²) in [4.78, 5) is 4.07. The number of nitrogens with two attached hydrogens (primary N) is 1. The molecule has 2 aromatic heterocycles. The molecule has 0 saturated heterocycles. The van der Waals surface area contributed by atoms with Crippen LogP contribution in [0.4, 0.5) is 5.69 Å². The van der Waals surface area contributed by atoms with Crippen LogP contribution in [0.25, 0.3) is 17.0 Å². The minimum absolute atomic E-state index is 0.697. The van der Waals surface area contributed by atoms with Crippen LogP contribution in [0.5, 0.6) is 0 Å². The molecule has 3 rings (SSSR count). The van der Waals surface area contributed by atoms with Crippen LogP contribution in [-0.4, -0.2) is 19.6 Å². The Bertz CT molecular complexity index is 666. The van der Waals surface area contributed by atoms with Crippen molar-refractivity contribution >= 4 is 11.3 Å². The highest BCUT2D eigenvalue weighted by molar-refractivity contribution is 5.76. The summed E-state index contributed by atoms with van der Waals surface area (Å²) < 4.78 is 1.83. The summed E-state index contributed by atoms with van der Waals surface area (Å²) in [5, 5.41) is 8.27. The molecule has 2 N–H and O–H groups in total. The second-order valence-corrected chi connectivity index (χ2v) is 3.87. The second-order valence-electron chi connectivity index (χ2n) is 3.87. The Morgan fingerprint density at radius 2 is 2.06 bits per heavy atom. The van der Waals surface area contributed by atoms with Gasteiger partial charge in [0.05, 0.1) is 0 Å². The van der Waals surface area contributed by atoms with Crippen LogP contribution in [0.2, 0.25) is 0 Å². The Balaban J connectivity index is 2.35. The van der Waals surface area contributed by atoms with E-state index in [0.717, 1.165) is 22.6 Å². The summed E-state index contributed by atoms with van der Waals surface area (Å²) in [6, 6.07) is 7.60. The summed E-state index contributed by atoms with van der Waals surface area (Å²) in [6.07, 6.45) is 3.38. The molecule has 0 spiro atoms. The first kappa shape index (κ1) is 9.77.